The van der Waals surface area contributed by atoms with Gasteiger partial charge in [0.25, 0.3) is 0 Å². The summed E-state index contributed by atoms with van der Waals surface area (Å²) >= 11 is 1.61. The molecule has 14 heavy (non-hydrogen) atoms. The molecule has 1 aliphatic heterocycles. The van der Waals surface area contributed by atoms with E-state index < -0.39 is 15.9 Å². The van der Waals surface area contributed by atoms with Crippen LogP contribution in [-0.2, 0) is 9.84 Å². The molecule has 0 bridgehead atoms. The molecule has 84 valence electrons. The second kappa shape index (κ2) is 5.37. The third-order valence-corrected chi connectivity index (χ3v) is 5.71. The molecule has 0 saturated carbocycles. The fraction of sp³-hybridized carbons (Fsp3) is 1.00. The van der Waals surface area contributed by atoms with Crippen LogP contribution in [0.2, 0.25) is 0 Å². The minimum atomic E-state index is -2.96. The van der Waals surface area contributed by atoms with Gasteiger partial charge in [-0.05, 0) is 12.2 Å². The van der Waals surface area contributed by atoms with Crippen LogP contribution in [0.15, 0.2) is 0 Å². The first-order valence-corrected chi connectivity index (χ1v) is 7.92. The zero-order valence-electron chi connectivity index (χ0n) is 8.48. The molecule has 2 atom stereocenters. The minimum Gasteiger partial charge on any atom is -0.391 e. The summed E-state index contributed by atoms with van der Waals surface area (Å²) in [4.78, 5) is 0. The van der Waals surface area contributed by atoms with Crippen LogP contribution >= 0.6 is 11.8 Å². The van der Waals surface area contributed by atoms with Crippen molar-refractivity contribution in [3.8, 4) is 0 Å². The van der Waals surface area contributed by atoms with Crippen LogP contribution in [0.5, 0.6) is 0 Å². The first-order chi connectivity index (χ1) is 6.55. The van der Waals surface area contributed by atoms with Crippen molar-refractivity contribution >= 4 is 21.6 Å². The van der Waals surface area contributed by atoms with E-state index in [1.165, 1.54) is 12.8 Å². The Morgan fingerprint density at radius 3 is 2.57 bits per heavy atom. The Morgan fingerprint density at radius 2 is 2.07 bits per heavy atom. The summed E-state index contributed by atoms with van der Waals surface area (Å²) in [5, 5.41) is 9.39. The van der Waals surface area contributed by atoms with Crippen molar-refractivity contribution in [3.63, 3.8) is 0 Å². The summed E-state index contributed by atoms with van der Waals surface area (Å²) in [6.07, 6.45) is 2.82. The van der Waals surface area contributed by atoms with Gasteiger partial charge in [0.15, 0.2) is 9.84 Å². The van der Waals surface area contributed by atoms with Crippen LogP contribution in [0.25, 0.3) is 0 Å². The van der Waals surface area contributed by atoms with E-state index in [0.29, 0.717) is 0 Å². The highest BCUT2D eigenvalue weighted by atomic mass is 32.2. The number of hydrogen-bond donors (Lipinski definition) is 1. The lowest BCUT2D eigenvalue weighted by molar-refractivity contribution is 0.207. The number of aliphatic hydroxyl groups excluding tert-OH is 1. The molecule has 1 saturated heterocycles. The SMILES string of the molecule is CCCCCSC1CS(=O)(=O)CC1O. The van der Waals surface area contributed by atoms with E-state index >= 15 is 0 Å². The average Bonchev–Trinajstić information content (AvgIpc) is 2.34. The largest absolute Gasteiger partial charge is 0.391 e. The van der Waals surface area contributed by atoms with Crippen molar-refractivity contribution in [2.45, 2.75) is 37.5 Å². The van der Waals surface area contributed by atoms with Gasteiger partial charge in [-0.25, -0.2) is 8.42 Å². The van der Waals surface area contributed by atoms with Gasteiger partial charge < -0.3 is 5.11 Å². The van der Waals surface area contributed by atoms with Gasteiger partial charge in [0.1, 0.15) is 0 Å². The zero-order valence-corrected chi connectivity index (χ0v) is 10.1. The number of sulfone groups is 1. The first kappa shape index (κ1) is 12.3. The molecule has 2 unspecified atom stereocenters. The summed E-state index contributed by atoms with van der Waals surface area (Å²) in [6.45, 7) is 2.14. The highest BCUT2D eigenvalue weighted by Crippen LogP contribution is 2.25. The lowest BCUT2D eigenvalue weighted by Crippen LogP contribution is -2.20. The molecule has 0 aromatic rings. The van der Waals surface area contributed by atoms with Crippen molar-refractivity contribution in [2.24, 2.45) is 0 Å². The normalized spacial score (nSPS) is 30.7. The maximum absolute atomic E-state index is 11.2. The predicted molar refractivity (Wildman–Crippen MR) is 60.4 cm³/mol. The highest BCUT2D eigenvalue weighted by molar-refractivity contribution is 8.01. The second-order valence-corrected chi connectivity index (χ2v) is 7.26. The molecule has 0 aromatic heterocycles. The molecule has 0 amide bonds. The topological polar surface area (TPSA) is 54.4 Å². The summed E-state index contributed by atoms with van der Waals surface area (Å²) in [6, 6.07) is 0. The number of rotatable bonds is 5. The van der Waals surface area contributed by atoms with E-state index in [0.717, 1.165) is 12.2 Å². The van der Waals surface area contributed by atoms with Crippen LogP contribution in [0.3, 0.4) is 0 Å². The van der Waals surface area contributed by atoms with Crippen LogP contribution in [0.1, 0.15) is 26.2 Å². The molecular formula is C9H18O3S2. The number of aliphatic hydroxyl groups is 1. The van der Waals surface area contributed by atoms with E-state index in [9.17, 15) is 13.5 Å². The van der Waals surface area contributed by atoms with Crippen molar-refractivity contribution in [2.75, 3.05) is 17.3 Å². The molecule has 1 fully saturated rings. The summed E-state index contributed by atoms with van der Waals surface area (Å²) in [7, 11) is -2.96. The van der Waals surface area contributed by atoms with Crippen molar-refractivity contribution in [1.29, 1.82) is 0 Å². The quantitative estimate of drug-likeness (QED) is 0.728. The predicted octanol–water partition coefficient (Wildman–Crippen LogP) is 1.07. The Bertz CT molecular complexity index is 261. The molecule has 5 heteroatoms. The summed E-state index contributed by atoms with van der Waals surface area (Å²) in [5.41, 5.74) is 0. The Labute approximate surface area is 90.2 Å². The van der Waals surface area contributed by atoms with Crippen molar-refractivity contribution < 1.29 is 13.5 Å². The van der Waals surface area contributed by atoms with E-state index in [1.54, 1.807) is 11.8 Å². The van der Waals surface area contributed by atoms with Crippen molar-refractivity contribution in [1.82, 2.24) is 0 Å². The Hall–Kier alpha value is 0.260. The van der Waals surface area contributed by atoms with Crippen LogP contribution in [0.4, 0.5) is 0 Å². The van der Waals surface area contributed by atoms with Gasteiger partial charge in [0.05, 0.1) is 17.6 Å². The molecule has 1 N–H and O–H groups in total. The van der Waals surface area contributed by atoms with Gasteiger partial charge in [0.2, 0.25) is 0 Å². The second-order valence-electron chi connectivity index (χ2n) is 3.76. The molecule has 1 heterocycles. The van der Waals surface area contributed by atoms with Gasteiger partial charge >= 0.3 is 0 Å². The number of hydrogen-bond acceptors (Lipinski definition) is 4. The highest BCUT2D eigenvalue weighted by Gasteiger charge is 2.36. The first-order valence-electron chi connectivity index (χ1n) is 5.05. The maximum atomic E-state index is 11.2. The van der Waals surface area contributed by atoms with E-state index in [4.69, 9.17) is 0 Å². The Kier molecular flexibility index (Phi) is 4.73. The molecule has 0 spiro atoms. The third-order valence-electron chi connectivity index (χ3n) is 2.35. The summed E-state index contributed by atoms with van der Waals surface area (Å²) < 4.78 is 22.3. The number of unbranched alkanes of at least 4 members (excludes halogenated alkanes) is 2. The fourth-order valence-corrected chi connectivity index (χ4v) is 5.27. The number of thioether (sulfide) groups is 1. The fourth-order valence-electron chi connectivity index (χ4n) is 1.54. The van der Waals surface area contributed by atoms with Crippen LogP contribution < -0.4 is 0 Å². The molecule has 0 radical (unpaired) electrons. The smallest absolute Gasteiger partial charge is 0.154 e. The molecular weight excluding hydrogens is 220 g/mol. The zero-order chi connectivity index (χ0) is 10.6. The maximum Gasteiger partial charge on any atom is 0.154 e. The van der Waals surface area contributed by atoms with Gasteiger partial charge in [-0.15, -0.1) is 0 Å². The van der Waals surface area contributed by atoms with Gasteiger partial charge in [0, 0.05) is 5.25 Å². The Morgan fingerprint density at radius 1 is 1.36 bits per heavy atom. The molecule has 3 nitrogen and oxygen atoms in total. The van der Waals surface area contributed by atoms with Crippen LogP contribution in [-0.4, -0.2) is 42.1 Å². The van der Waals surface area contributed by atoms with Crippen LogP contribution in [0, 0.1) is 0 Å². The van der Waals surface area contributed by atoms with Crippen molar-refractivity contribution in [3.05, 3.63) is 0 Å². The summed E-state index contributed by atoms with van der Waals surface area (Å²) in [5.74, 6) is 1.08. The Balaban J connectivity index is 2.25. The van der Waals surface area contributed by atoms with E-state index in [1.807, 2.05) is 0 Å². The van der Waals surface area contributed by atoms with Gasteiger partial charge in [-0.1, -0.05) is 19.8 Å². The standard InChI is InChI=1S/C9H18O3S2/c1-2-3-4-5-13-9-7-14(11,12)6-8(9)10/h8-10H,2-7H2,1H3. The van der Waals surface area contributed by atoms with Gasteiger partial charge in [-0.3, -0.25) is 0 Å². The third kappa shape index (κ3) is 3.79. The molecule has 0 aliphatic carbocycles. The molecule has 0 aromatic carbocycles. The van der Waals surface area contributed by atoms with E-state index in [-0.39, 0.29) is 16.8 Å². The lowest BCUT2D eigenvalue weighted by atomic mass is 10.3. The van der Waals surface area contributed by atoms with E-state index in [2.05, 4.69) is 6.92 Å². The van der Waals surface area contributed by atoms with Gasteiger partial charge in [-0.2, -0.15) is 11.8 Å². The molecule has 1 rings (SSSR count). The minimum absolute atomic E-state index is 0.0432. The lowest BCUT2D eigenvalue weighted by Gasteiger charge is -2.11. The molecule has 1 aliphatic rings. The average molecular weight is 238 g/mol. The monoisotopic (exact) mass is 238 g/mol.